The first-order valence-corrected chi connectivity index (χ1v) is 14.1. The molecule has 1 aliphatic rings. The summed E-state index contributed by atoms with van der Waals surface area (Å²) in [5.74, 6) is 0.0581. The van der Waals surface area contributed by atoms with Crippen molar-refractivity contribution in [1.29, 1.82) is 5.26 Å². The molecule has 0 radical (unpaired) electrons. The standard InChI is InChI=1S/C33H35N5O4/c1-6-27(22-11-12-26-28(18-22)36(5)32(41)33(3,4)31(40)35-26)38(20-24-10-8-7-9-23(24)19-34)16-15-37-14-13-29-25(30(37)39)17-21(2)42-29/h7-14,17-18,27H,6,15-16,20H2,1-5H3,(H,35,40). The van der Waals surface area contributed by atoms with Crippen LogP contribution in [0.1, 0.15) is 55.7 Å². The lowest BCUT2D eigenvalue weighted by Gasteiger charge is -2.33. The molecule has 9 heteroatoms. The number of fused-ring (bicyclic) bond motifs is 2. The van der Waals surface area contributed by atoms with Crippen LogP contribution in [0.2, 0.25) is 0 Å². The van der Waals surface area contributed by atoms with Crippen LogP contribution in [0.3, 0.4) is 0 Å². The van der Waals surface area contributed by atoms with Gasteiger partial charge in [0.15, 0.2) is 0 Å². The van der Waals surface area contributed by atoms with Gasteiger partial charge in [0.2, 0.25) is 11.8 Å². The van der Waals surface area contributed by atoms with E-state index in [2.05, 4.69) is 23.2 Å². The number of carbonyl (C=O) groups is 2. The molecule has 0 aliphatic carbocycles. The number of hydrogen-bond acceptors (Lipinski definition) is 6. The fourth-order valence-electron chi connectivity index (χ4n) is 5.69. The predicted molar refractivity (Wildman–Crippen MR) is 162 cm³/mol. The van der Waals surface area contributed by atoms with Gasteiger partial charge in [-0.15, -0.1) is 0 Å². The molecule has 2 aromatic carbocycles. The number of pyridine rings is 1. The van der Waals surface area contributed by atoms with Crippen molar-refractivity contribution in [3.8, 4) is 6.07 Å². The summed E-state index contributed by atoms with van der Waals surface area (Å²) < 4.78 is 7.32. The van der Waals surface area contributed by atoms with E-state index in [1.807, 2.05) is 55.5 Å². The Morgan fingerprint density at radius 1 is 1.10 bits per heavy atom. The summed E-state index contributed by atoms with van der Waals surface area (Å²) in [5, 5.41) is 13.2. The van der Waals surface area contributed by atoms with Crippen LogP contribution in [-0.4, -0.2) is 34.9 Å². The molecular weight excluding hydrogens is 530 g/mol. The van der Waals surface area contributed by atoms with E-state index in [-0.39, 0.29) is 23.4 Å². The summed E-state index contributed by atoms with van der Waals surface area (Å²) in [4.78, 5) is 43.0. The number of furan rings is 1. The number of aromatic nitrogens is 1. The van der Waals surface area contributed by atoms with Gasteiger partial charge in [-0.1, -0.05) is 31.2 Å². The Hall–Kier alpha value is -4.68. The number of anilines is 2. The summed E-state index contributed by atoms with van der Waals surface area (Å²) in [6.07, 6.45) is 2.49. The Balaban J connectivity index is 1.52. The molecule has 0 fully saturated rings. The minimum atomic E-state index is -1.20. The van der Waals surface area contributed by atoms with Gasteiger partial charge in [0.25, 0.3) is 5.56 Å². The molecule has 1 atom stereocenters. The van der Waals surface area contributed by atoms with Crippen molar-refractivity contribution in [2.45, 2.75) is 53.2 Å². The lowest BCUT2D eigenvalue weighted by molar-refractivity contribution is -0.136. The lowest BCUT2D eigenvalue weighted by Crippen LogP contribution is -2.43. The second-order valence-corrected chi connectivity index (χ2v) is 11.3. The first-order chi connectivity index (χ1) is 20.0. The van der Waals surface area contributed by atoms with E-state index >= 15 is 0 Å². The molecule has 1 aliphatic heterocycles. The summed E-state index contributed by atoms with van der Waals surface area (Å²) in [6.45, 7) is 8.60. The number of nitrogens with zero attached hydrogens (tertiary/aromatic N) is 4. The van der Waals surface area contributed by atoms with Crippen LogP contribution in [0.4, 0.5) is 11.4 Å². The third kappa shape index (κ3) is 5.21. The predicted octanol–water partition coefficient (Wildman–Crippen LogP) is 5.37. The Bertz CT molecular complexity index is 1780. The van der Waals surface area contributed by atoms with E-state index in [0.29, 0.717) is 53.3 Å². The molecule has 4 aromatic rings. The Kier molecular flexibility index (Phi) is 7.76. The molecule has 0 saturated carbocycles. The quantitative estimate of drug-likeness (QED) is 0.288. The topological polar surface area (TPSA) is 112 Å². The fraction of sp³-hybridized carbons (Fsp3) is 0.333. The van der Waals surface area contributed by atoms with Crippen LogP contribution in [0.5, 0.6) is 0 Å². The van der Waals surface area contributed by atoms with Gasteiger partial charge in [-0.3, -0.25) is 19.3 Å². The van der Waals surface area contributed by atoms with Crippen LogP contribution in [0.25, 0.3) is 11.0 Å². The Morgan fingerprint density at radius 3 is 2.60 bits per heavy atom. The van der Waals surface area contributed by atoms with Gasteiger partial charge in [0.1, 0.15) is 16.8 Å². The maximum Gasteiger partial charge on any atom is 0.261 e. The van der Waals surface area contributed by atoms with Crippen LogP contribution in [0, 0.1) is 23.7 Å². The monoisotopic (exact) mass is 565 g/mol. The van der Waals surface area contributed by atoms with Crippen molar-refractivity contribution in [2.24, 2.45) is 5.41 Å². The number of rotatable bonds is 8. The highest BCUT2D eigenvalue weighted by Gasteiger charge is 2.42. The normalized spacial score (nSPS) is 15.3. The molecule has 2 aromatic heterocycles. The number of hydrogen-bond donors (Lipinski definition) is 1. The molecule has 1 unspecified atom stereocenters. The van der Waals surface area contributed by atoms with Crippen molar-refractivity contribution in [3.05, 3.63) is 93.6 Å². The molecule has 9 nitrogen and oxygen atoms in total. The van der Waals surface area contributed by atoms with Gasteiger partial charge in [-0.05, 0) is 68.7 Å². The maximum absolute atomic E-state index is 13.2. The highest BCUT2D eigenvalue weighted by Crippen LogP contribution is 2.38. The van der Waals surface area contributed by atoms with E-state index in [0.717, 1.165) is 17.5 Å². The first-order valence-electron chi connectivity index (χ1n) is 14.1. The third-order valence-electron chi connectivity index (χ3n) is 8.17. The van der Waals surface area contributed by atoms with Gasteiger partial charge >= 0.3 is 0 Å². The molecule has 216 valence electrons. The SMILES string of the molecule is CCC(c1ccc2c(c1)N(C)C(=O)C(C)(C)C(=O)N2)N(CCn1ccc2oc(C)cc2c1=O)Cc1ccccc1C#N. The van der Waals surface area contributed by atoms with E-state index in [4.69, 9.17) is 4.42 Å². The highest BCUT2D eigenvalue weighted by atomic mass is 16.3. The summed E-state index contributed by atoms with van der Waals surface area (Å²) in [5.41, 5.74) is 2.92. The van der Waals surface area contributed by atoms with E-state index in [9.17, 15) is 19.6 Å². The fourth-order valence-corrected chi connectivity index (χ4v) is 5.69. The summed E-state index contributed by atoms with van der Waals surface area (Å²) in [6, 6.07) is 19.1. The number of nitrogens with one attached hydrogen (secondary N) is 1. The van der Waals surface area contributed by atoms with Crippen LogP contribution >= 0.6 is 0 Å². The minimum absolute atomic E-state index is 0.104. The molecule has 1 N–H and O–H groups in total. The van der Waals surface area contributed by atoms with Crippen LogP contribution in [0.15, 0.2) is 70.0 Å². The van der Waals surface area contributed by atoms with Gasteiger partial charge < -0.3 is 19.2 Å². The zero-order valence-corrected chi connectivity index (χ0v) is 24.6. The second-order valence-electron chi connectivity index (χ2n) is 11.3. The number of carbonyl (C=O) groups excluding carboxylic acids is 2. The zero-order chi connectivity index (χ0) is 30.2. The van der Waals surface area contributed by atoms with E-state index in [1.165, 1.54) is 0 Å². The van der Waals surface area contributed by atoms with Gasteiger partial charge in [-0.25, -0.2) is 0 Å². The minimum Gasteiger partial charge on any atom is -0.461 e. The Labute approximate surface area is 245 Å². The van der Waals surface area contributed by atoms with Crippen LogP contribution < -0.4 is 15.8 Å². The van der Waals surface area contributed by atoms with Gasteiger partial charge in [-0.2, -0.15) is 5.26 Å². The third-order valence-corrected chi connectivity index (χ3v) is 8.17. The lowest BCUT2D eigenvalue weighted by atomic mass is 9.91. The van der Waals surface area contributed by atoms with Crippen molar-refractivity contribution in [2.75, 3.05) is 23.8 Å². The van der Waals surface area contributed by atoms with Gasteiger partial charge in [0, 0.05) is 38.9 Å². The van der Waals surface area contributed by atoms with Crippen molar-refractivity contribution in [1.82, 2.24) is 9.47 Å². The largest absolute Gasteiger partial charge is 0.461 e. The molecule has 0 bridgehead atoms. The maximum atomic E-state index is 13.2. The van der Waals surface area contributed by atoms with E-state index in [1.54, 1.807) is 42.6 Å². The Morgan fingerprint density at radius 2 is 1.86 bits per heavy atom. The smallest absolute Gasteiger partial charge is 0.261 e. The first kappa shape index (κ1) is 28.8. The van der Waals surface area contributed by atoms with Crippen molar-refractivity contribution < 1.29 is 14.0 Å². The highest BCUT2D eigenvalue weighted by molar-refractivity contribution is 6.19. The number of nitriles is 1. The number of aryl methyl sites for hydroxylation is 1. The molecule has 42 heavy (non-hydrogen) atoms. The molecular formula is C33H35N5O4. The molecule has 5 rings (SSSR count). The number of amides is 2. The average Bonchev–Trinajstić information content (AvgIpc) is 3.35. The number of benzene rings is 2. The molecule has 0 saturated heterocycles. The molecule has 0 spiro atoms. The van der Waals surface area contributed by atoms with Gasteiger partial charge in [0.05, 0.1) is 28.4 Å². The van der Waals surface area contributed by atoms with Crippen molar-refractivity contribution in [3.63, 3.8) is 0 Å². The zero-order valence-electron chi connectivity index (χ0n) is 24.6. The average molecular weight is 566 g/mol. The summed E-state index contributed by atoms with van der Waals surface area (Å²) >= 11 is 0. The second kappa shape index (κ2) is 11.3. The molecule has 3 heterocycles. The molecule has 2 amide bonds. The van der Waals surface area contributed by atoms with E-state index < -0.39 is 5.41 Å². The summed E-state index contributed by atoms with van der Waals surface area (Å²) in [7, 11) is 1.69. The van der Waals surface area contributed by atoms with Crippen molar-refractivity contribution >= 4 is 34.2 Å². The van der Waals surface area contributed by atoms with Crippen LogP contribution in [-0.2, 0) is 22.7 Å².